The van der Waals surface area contributed by atoms with Crippen LogP contribution in [0.3, 0.4) is 0 Å². The molecule has 20 heavy (non-hydrogen) atoms. The lowest BCUT2D eigenvalue weighted by molar-refractivity contribution is -0.127. The molecular weight excluding hydrogens is 266 g/mol. The number of likely N-dealkylation sites (N-methyl/N-ethyl adjacent to an activating group) is 1. The van der Waals surface area contributed by atoms with Crippen LogP contribution in [0.15, 0.2) is 10.5 Å². The summed E-state index contributed by atoms with van der Waals surface area (Å²) in [4.78, 5) is 34.8. The highest BCUT2D eigenvalue weighted by Gasteiger charge is 2.14. The molecular formula is C12H17N3O5. The van der Waals surface area contributed by atoms with E-state index < -0.39 is 12.0 Å². The zero-order valence-corrected chi connectivity index (χ0v) is 11.5. The first kappa shape index (κ1) is 15.5. The van der Waals surface area contributed by atoms with Crippen molar-refractivity contribution in [2.75, 3.05) is 20.6 Å². The van der Waals surface area contributed by atoms with Crippen molar-refractivity contribution in [3.63, 3.8) is 0 Å². The Kier molecular flexibility index (Phi) is 5.13. The molecule has 0 aliphatic heterocycles. The number of amides is 3. The summed E-state index contributed by atoms with van der Waals surface area (Å²) in [5, 5.41) is 13.7. The van der Waals surface area contributed by atoms with E-state index in [4.69, 9.17) is 9.52 Å². The standard InChI is InChI=1S/C12H17N3O5/c1-7-9(11(17)18)4-8(20-7)5-13-12(19)14-6-10(16)15(2)3/h4H,5-6H2,1-3H3,(H,17,18)(H2,13,14,19). The number of rotatable bonds is 5. The Labute approximate surface area is 115 Å². The van der Waals surface area contributed by atoms with Crippen LogP contribution in [-0.2, 0) is 11.3 Å². The van der Waals surface area contributed by atoms with Crippen molar-refractivity contribution in [3.05, 3.63) is 23.2 Å². The van der Waals surface area contributed by atoms with Crippen molar-refractivity contribution in [1.29, 1.82) is 0 Å². The van der Waals surface area contributed by atoms with Crippen LogP contribution in [0.1, 0.15) is 21.9 Å². The van der Waals surface area contributed by atoms with Crippen molar-refractivity contribution in [2.45, 2.75) is 13.5 Å². The first-order chi connectivity index (χ1) is 9.31. The molecule has 0 aliphatic rings. The van der Waals surface area contributed by atoms with Gasteiger partial charge in [0.25, 0.3) is 0 Å². The van der Waals surface area contributed by atoms with E-state index in [9.17, 15) is 14.4 Å². The summed E-state index contributed by atoms with van der Waals surface area (Å²) in [6, 6.07) is 0.814. The Morgan fingerprint density at radius 2 is 1.95 bits per heavy atom. The van der Waals surface area contributed by atoms with E-state index in [2.05, 4.69) is 10.6 Å². The molecule has 1 rings (SSSR count). The molecule has 0 aromatic carbocycles. The number of hydrogen-bond acceptors (Lipinski definition) is 4. The van der Waals surface area contributed by atoms with Gasteiger partial charge in [-0.2, -0.15) is 0 Å². The quantitative estimate of drug-likeness (QED) is 0.713. The largest absolute Gasteiger partial charge is 0.478 e. The van der Waals surface area contributed by atoms with Crippen LogP contribution in [0.4, 0.5) is 4.79 Å². The average molecular weight is 283 g/mol. The van der Waals surface area contributed by atoms with E-state index >= 15 is 0 Å². The molecule has 0 spiro atoms. The van der Waals surface area contributed by atoms with Gasteiger partial charge in [0, 0.05) is 14.1 Å². The van der Waals surface area contributed by atoms with Crippen LogP contribution >= 0.6 is 0 Å². The summed E-state index contributed by atoms with van der Waals surface area (Å²) in [6.45, 7) is 1.45. The zero-order valence-electron chi connectivity index (χ0n) is 11.5. The minimum Gasteiger partial charge on any atom is -0.478 e. The first-order valence-electron chi connectivity index (χ1n) is 5.85. The minimum absolute atomic E-state index is 0.0378. The third-order valence-electron chi connectivity index (χ3n) is 2.52. The molecule has 3 amide bonds. The van der Waals surface area contributed by atoms with Crippen LogP contribution in [0, 0.1) is 6.92 Å². The molecule has 110 valence electrons. The predicted octanol–water partition coefficient (Wildman–Crippen LogP) is 0.174. The lowest BCUT2D eigenvalue weighted by Crippen LogP contribution is -2.41. The number of aromatic carboxylic acids is 1. The number of furan rings is 1. The molecule has 0 atom stereocenters. The fourth-order valence-corrected chi connectivity index (χ4v) is 1.39. The van der Waals surface area contributed by atoms with Gasteiger partial charge in [-0.25, -0.2) is 9.59 Å². The Morgan fingerprint density at radius 1 is 1.30 bits per heavy atom. The van der Waals surface area contributed by atoms with Gasteiger partial charge in [-0.3, -0.25) is 4.79 Å². The second kappa shape index (κ2) is 6.60. The van der Waals surface area contributed by atoms with Crippen molar-refractivity contribution < 1.29 is 23.9 Å². The second-order valence-corrected chi connectivity index (χ2v) is 4.31. The molecule has 8 nitrogen and oxygen atoms in total. The van der Waals surface area contributed by atoms with Gasteiger partial charge < -0.3 is 25.1 Å². The maximum Gasteiger partial charge on any atom is 0.339 e. The van der Waals surface area contributed by atoms with E-state index in [1.807, 2.05) is 0 Å². The summed E-state index contributed by atoms with van der Waals surface area (Å²) in [5.74, 6) is -0.716. The van der Waals surface area contributed by atoms with Gasteiger partial charge in [0.15, 0.2) is 0 Å². The van der Waals surface area contributed by atoms with Crippen LogP contribution in [0.2, 0.25) is 0 Å². The van der Waals surface area contributed by atoms with Crippen LogP contribution in [0.25, 0.3) is 0 Å². The van der Waals surface area contributed by atoms with Crippen molar-refractivity contribution >= 4 is 17.9 Å². The number of carboxylic acids is 1. The number of nitrogens with one attached hydrogen (secondary N) is 2. The molecule has 1 heterocycles. The Bertz CT molecular complexity index is 521. The number of aryl methyl sites for hydroxylation is 1. The van der Waals surface area contributed by atoms with Crippen molar-refractivity contribution in [1.82, 2.24) is 15.5 Å². The number of nitrogens with zero attached hydrogens (tertiary/aromatic N) is 1. The summed E-state index contributed by atoms with van der Waals surface area (Å²) in [5.41, 5.74) is 0.0602. The fourth-order valence-electron chi connectivity index (χ4n) is 1.39. The van der Waals surface area contributed by atoms with E-state index in [0.29, 0.717) is 5.76 Å². The molecule has 3 N–H and O–H groups in total. The third-order valence-corrected chi connectivity index (χ3v) is 2.52. The van der Waals surface area contributed by atoms with Crippen molar-refractivity contribution in [2.24, 2.45) is 0 Å². The highest BCUT2D eigenvalue weighted by Crippen LogP contribution is 2.14. The number of carbonyl (C=O) groups is 3. The molecule has 0 saturated carbocycles. The number of carboxylic acid groups (broad SMARTS) is 1. The molecule has 0 unspecified atom stereocenters. The third kappa shape index (κ3) is 4.30. The van der Waals surface area contributed by atoms with Crippen LogP contribution in [0.5, 0.6) is 0 Å². The predicted molar refractivity (Wildman–Crippen MR) is 69.3 cm³/mol. The van der Waals surface area contributed by atoms with E-state index in [-0.39, 0.29) is 30.3 Å². The number of carbonyl (C=O) groups excluding carboxylic acids is 2. The average Bonchev–Trinajstić information content (AvgIpc) is 2.74. The molecule has 0 fully saturated rings. The summed E-state index contributed by atoms with van der Waals surface area (Å²) in [6.07, 6.45) is 0. The van der Waals surface area contributed by atoms with Crippen LogP contribution in [-0.4, -0.2) is 48.6 Å². The Balaban J connectivity index is 2.43. The van der Waals surface area contributed by atoms with Gasteiger partial charge in [-0.1, -0.05) is 0 Å². The summed E-state index contributed by atoms with van der Waals surface area (Å²) in [7, 11) is 3.17. The SMILES string of the molecule is Cc1oc(CNC(=O)NCC(=O)N(C)C)cc1C(=O)O. The monoisotopic (exact) mass is 283 g/mol. The molecule has 0 bridgehead atoms. The van der Waals surface area contributed by atoms with Gasteiger partial charge in [0.05, 0.1) is 13.1 Å². The van der Waals surface area contributed by atoms with Gasteiger partial charge in [-0.15, -0.1) is 0 Å². The number of urea groups is 1. The lowest BCUT2D eigenvalue weighted by atomic mass is 10.2. The number of hydrogen-bond donors (Lipinski definition) is 3. The molecule has 1 aromatic rings. The first-order valence-corrected chi connectivity index (χ1v) is 5.85. The van der Waals surface area contributed by atoms with Gasteiger partial charge in [0.1, 0.15) is 17.1 Å². The Hall–Kier alpha value is -2.51. The lowest BCUT2D eigenvalue weighted by Gasteiger charge is -2.11. The van der Waals surface area contributed by atoms with E-state index in [1.54, 1.807) is 14.1 Å². The molecule has 0 radical (unpaired) electrons. The molecule has 8 heteroatoms. The van der Waals surface area contributed by atoms with Crippen LogP contribution < -0.4 is 10.6 Å². The highest BCUT2D eigenvalue weighted by atomic mass is 16.4. The zero-order chi connectivity index (χ0) is 15.3. The molecule has 0 saturated heterocycles. The fraction of sp³-hybridized carbons (Fsp3) is 0.417. The maximum absolute atomic E-state index is 11.4. The minimum atomic E-state index is -1.08. The van der Waals surface area contributed by atoms with Crippen molar-refractivity contribution in [3.8, 4) is 0 Å². The second-order valence-electron chi connectivity index (χ2n) is 4.31. The summed E-state index contributed by atoms with van der Waals surface area (Å²) < 4.78 is 5.19. The Morgan fingerprint density at radius 3 is 2.45 bits per heavy atom. The maximum atomic E-state index is 11.4. The molecule has 1 aromatic heterocycles. The molecule has 0 aliphatic carbocycles. The van der Waals surface area contributed by atoms with Gasteiger partial charge in [-0.05, 0) is 13.0 Å². The smallest absolute Gasteiger partial charge is 0.339 e. The van der Waals surface area contributed by atoms with E-state index in [0.717, 1.165) is 0 Å². The van der Waals surface area contributed by atoms with E-state index in [1.165, 1.54) is 17.9 Å². The summed E-state index contributed by atoms with van der Waals surface area (Å²) >= 11 is 0. The topological polar surface area (TPSA) is 112 Å². The van der Waals surface area contributed by atoms with Gasteiger partial charge >= 0.3 is 12.0 Å². The normalized spacial score (nSPS) is 9.95. The van der Waals surface area contributed by atoms with Gasteiger partial charge in [0.2, 0.25) is 5.91 Å². The highest BCUT2D eigenvalue weighted by molar-refractivity contribution is 5.88.